The molecule has 13 N–H and O–H groups in total. The SMILES string of the molecule is C/C=C(/C)C(=O)C[C@H]1[C@H](OC(=O)/C(C)=C\C)[C@@]2(CO)C(CC1(C)C)C1=CCC3[C@@]4(C)CC[C@H](O[C@@H]5OC(C(=O)O)[C@@H](O)[C@@H](O[C@@H]6O[C@@H](CO)C(O)[C@@H]6O)C5O[C@@H]5OC(CO)[C@@H](O)[C@@H](O)C5O)[C@](C)(CO)C4CC[C@@]3(C)[C@]1(C)[C@@H](O)[C@H]2O. The van der Waals surface area contributed by atoms with Gasteiger partial charge in [-0.3, -0.25) is 4.79 Å². The van der Waals surface area contributed by atoms with Crippen molar-refractivity contribution in [1.29, 1.82) is 0 Å². The Morgan fingerprint density at radius 1 is 0.667 bits per heavy atom. The number of carbonyl (C=O) groups excluding carboxylic acids is 2. The van der Waals surface area contributed by atoms with Crippen LogP contribution in [-0.4, -0.2) is 221 Å². The van der Waals surface area contributed by atoms with E-state index in [2.05, 4.69) is 19.9 Å². The number of esters is 1. The molecular weight excluding hydrogens is 1060 g/mol. The van der Waals surface area contributed by atoms with Crippen LogP contribution in [0.15, 0.2) is 34.9 Å². The third kappa shape index (κ3) is 10.0. The summed E-state index contributed by atoms with van der Waals surface area (Å²) in [6, 6.07) is 0. The lowest BCUT2D eigenvalue weighted by Crippen LogP contribution is -2.75. The number of aliphatic hydroxyl groups excluding tert-OH is 12. The van der Waals surface area contributed by atoms with E-state index in [-0.39, 0.29) is 30.5 Å². The molecule has 460 valence electrons. The molecule has 8 unspecified atom stereocenters. The Labute approximate surface area is 472 Å². The molecule has 0 amide bonds. The minimum absolute atomic E-state index is 0.0386. The van der Waals surface area contributed by atoms with Crippen LogP contribution in [0.1, 0.15) is 114 Å². The van der Waals surface area contributed by atoms with Gasteiger partial charge >= 0.3 is 11.9 Å². The Bertz CT molecular complexity index is 2410. The van der Waals surface area contributed by atoms with Crippen LogP contribution in [0.5, 0.6) is 0 Å². The fraction of sp³-hybridized carbons (Fsp3) is 0.845. The van der Waals surface area contributed by atoms with Gasteiger partial charge < -0.3 is 99.5 Å². The quantitative estimate of drug-likeness (QED) is 0.0415. The first-order valence-corrected chi connectivity index (χ1v) is 28.6. The van der Waals surface area contributed by atoms with Gasteiger partial charge in [0, 0.05) is 28.7 Å². The zero-order chi connectivity index (χ0) is 60.0. The predicted octanol–water partition coefficient (Wildman–Crippen LogP) is -0.101. The second kappa shape index (κ2) is 23.4. The predicted molar refractivity (Wildman–Crippen MR) is 281 cm³/mol. The van der Waals surface area contributed by atoms with E-state index in [9.17, 15) is 80.8 Å². The molecule has 8 rings (SSSR count). The van der Waals surface area contributed by atoms with Gasteiger partial charge in [-0.05, 0) is 106 Å². The summed E-state index contributed by atoms with van der Waals surface area (Å²) in [4.78, 5) is 40.6. The van der Waals surface area contributed by atoms with Crippen molar-refractivity contribution in [3.05, 3.63) is 34.9 Å². The number of ether oxygens (including phenoxy) is 7. The molecule has 23 heteroatoms. The first-order valence-electron chi connectivity index (χ1n) is 28.6. The molecule has 8 aliphatic rings. The largest absolute Gasteiger partial charge is 0.479 e. The number of hydrogen-bond donors (Lipinski definition) is 13. The zero-order valence-corrected chi connectivity index (χ0v) is 48.1. The van der Waals surface area contributed by atoms with Crippen molar-refractivity contribution in [2.45, 2.75) is 225 Å². The second-order valence-corrected chi connectivity index (χ2v) is 26.3. The van der Waals surface area contributed by atoms with E-state index >= 15 is 0 Å². The fourth-order valence-electron chi connectivity index (χ4n) is 16.7. The standard InChI is InChI=1S/C58H90O23/c1-11-25(3)30(63)19-28-47(81-49(74)26(4)12-2)58(24-62)29(20-53(28,5)6)27-13-14-34-54(7)17-16-35(55(8,23-61)33(54)15-18-56(34,9)57(27,10)45(70)46(58)71)77-52-44(80-51-40(68)38(66)36(64)31(21-59)75-51)42(41(69)43(79-52)48(72)73)78-50-39(67)37(65)32(22-60)76-50/h11-13,28-29,31-47,50-52,59-62,64-71H,14-24H2,1-10H3,(H,72,73)/b25-11-,26-12-/t28-,29?,31?,32-,33?,34?,35-,36+,37?,38+,39-,40?,41-,42+,43?,44?,45-,46+,47-,50-,51-,52+,54-,55+,56+,57-,58-/m0/s1. The lowest BCUT2D eigenvalue weighted by Gasteiger charge is -2.73. The maximum Gasteiger partial charge on any atom is 0.335 e. The van der Waals surface area contributed by atoms with Crippen LogP contribution in [0.25, 0.3) is 0 Å². The molecule has 0 radical (unpaired) electrons. The van der Waals surface area contributed by atoms with Crippen LogP contribution in [0.3, 0.4) is 0 Å². The molecule has 0 aromatic rings. The molecule has 5 aliphatic carbocycles. The Hall–Kier alpha value is -2.89. The van der Waals surface area contributed by atoms with Gasteiger partial charge in [-0.2, -0.15) is 0 Å². The van der Waals surface area contributed by atoms with Gasteiger partial charge in [0.15, 0.2) is 30.8 Å². The average molecular weight is 1160 g/mol. The van der Waals surface area contributed by atoms with Crippen molar-refractivity contribution in [1.82, 2.24) is 0 Å². The van der Waals surface area contributed by atoms with Crippen molar-refractivity contribution in [3.63, 3.8) is 0 Å². The highest BCUT2D eigenvalue weighted by atomic mass is 16.8. The highest BCUT2D eigenvalue weighted by Gasteiger charge is 2.76. The molecule has 27 atom stereocenters. The number of aliphatic carboxylic acids is 1. The van der Waals surface area contributed by atoms with Crippen molar-refractivity contribution in [3.8, 4) is 0 Å². The Kier molecular flexibility index (Phi) is 18.5. The third-order valence-electron chi connectivity index (χ3n) is 22.1. The first-order chi connectivity index (χ1) is 37.9. The molecular formula is C58H90O23. The van der Waals surface area contributed by atoms with Gasteiger partial charge in [-0.15, -0.1) is 0 Å². The molecule has 0 aromatic heterocycles. The van der Waals surface area contributed by atoms with E-state index in [0.29, 0.717) is 43.3 Å². The van der Waals surface area contributed by atoms with E-state index in [1.807, 2.05) is 27.7 Å². The minimum atomic E-state index is -2.17. The van der Waals surface area contributed by atoms with Gasteiger partial charge in [0.25, 0.3) is 0 Å². The van der Waals surface area contributed by atoms with Gasteiger partial charge in [-0.1, -0.05) is 65.3 Å². The Morgan fingerprint density at radius 3 is 1.80 bits per heavy atom. The molecule has 0 aromatic carbocycles. The number of carboxylic acid groups (broad SMARTS) is 1. The fourth-order valence-corrected chi connectivity index (χ4v) is 16.7. The number of allylic oxidation sites excluding steroid dienone is 4. The van der Waals surface area contributed by atoms with Crippen LogP contribution >= 0.6 is 0 Å². The van der Waals surface area contributed by atoms with Crippen molar-refractivity contribution < 1.29 is 114 Å². The molecule has 23 nitrogen and oxygen atoms in total. The zero-order valence-electron chi connectivity index (χ0n) is 48.1. The summed E-state index contributed by atoms with van der Waals surface area (Å²) in [6.45, 7) is 16.1. The van der Waals surface area contributed by atoms with E-state index < -0.39 is 193 Å². The Morgan fingerprint density at radius 2 is 1.25 bits per heavy atom. The van der Waals surface area contributed by atoms with Gasteiger partial charge in [0.2, 0.25) is 0 Å². The summed E-state index contributed by atoms with van der Waals surface area (Å²) < 4.78 is 42.8. The minimum Gasteiger partial charge on any atom is -0.479 e. The normalized spacial score (nSPS) is 49.8. The molecule has 3 saturated heterocycles. The monoisotopic (exact) mass is 1150 g/mol. The maximum atomic E-state index is 13.9. The average Bonchev–Trinajstić information content (AvgIpc) is 1.99. The van der Waals surface area contributed by atoms with Gasteiger partial charge in [0.1, 0.15) is 67.1 Å². The topological polar surface area (TPSA) is 379 Å². The van der Waals surface area contributed by atoms with E-state index in [0.717, 1.165) is 5.57 Å². The number of fused-ring (bicyclic) bond motifs is 7. The molecule has 0 spiro atoms. The number of aliphatic hydroxyl groups is 12. The van der Waals surface area contributed by atoms with E-state index in [1.54, 1.807) is 39.8 Å². The molecule has 0 bridgehead atoms. The summed E-state index contributed by atoms with van der Waals surface area (Å²) in [5.74, 6) is -4.45. The lowest BCUT2D eigenvalue weighted by molar-refractivity contribution is -0.387. The number of rotatable bonds is 16. The summed E-state index contributed by atoms with van der Waals surface area (Å²) in [5, 5.41) is 146. The summed E-state index contributed by atoms with van der Waals surface area (Å²) in [6.07, 6.45) is -23.7. The highest BCUT2D eigenvalue weighted by molar-refractivity contribution is 5.95. The van der Waals surface area contributed by atoms with Crippen molar-refractivity contribution in [2.75, 3.05) is 26.4 Å². The van der Waals surface area contributed by atoms with E-state index in [1.165, 1.54) is 0 Å². The summed E-state index contributed by atoms with van der Waals surface area (Å²) >= 11 is 0. The number of carboxylic acids is 1. The van der Waals surface area contributed by atoms with Gasteiger partial charge in [-0.25, -0.2) is 9.59 Å². The smallest absolute Gasteiger partial charge is 0.335 e. The molecule has 7 fully saturated rings. The van der Waals surface area contributed by atoms with Crippen LogP contribution in [0.2, 0.25) is 0 Å². The van der Waals surface area contributed by atoms with Crippen LogP contribution in [0.4, 0.5) is 0 Å². The lowest BCUT2D eigenvalue weighted by atomic mass is 9.32. The van der Waals surface area contributed by atoms with Gasteiger partial charge in [0.05, 0.1) is 50.2 Å². The van der Waals surface area contributed by atoms with Crippen molar-refractivity contribution in [2.24, 2.45) is 56.2 Å². The summed E-state index contributed by atoms with van der Waals surface area (Å²) in [5.41, 5.74) is -4.47. The number of carbonyl (C=O) groups is 3. The van der Waals surface area contributed by atoms with Crippen LogP contribution in [-0.2, 0) is 47.5 Å². The molecule has 3 aliphatic heterocycles. The maximum absolute atomic E-state index is 13.9. The molecule has 3 heterocycles. The number of Topliss-reactive ketones (excluding diaryl/α,β-unsaturated/α-hetero) is 1. The third-order valence-corrected chi connectivity index (χ3v) is 22.1. The summed E-state index contributed by atoms with van der Waals surface area (Å²) in [7, 11) is 0. The Balaban J connectivity index is 1.15. The van der Waals surface area contributed by atoms with Crippen LogP contribution in [0, 0.1) is 56.2 Å². The second-order valence-electron chi connectivity index (χ2n) is 26.3. The van der Waals surface area contributed by atoms with Crippen molar-refractivity contribution >= 4 is 17.7 Å². The molecule has 81 heavy (non-hydrogen) atoms. The number of ketones is 1. The highest BCUT2D eigenvalue weighted by Crippen LogP contribution is 2.76. The van der Waals surface area contributed by atoms with Crippen LogP contribution < -0.4 is 0 Å². The number of hydrogen-bond acceptors (Lipinski definition) is 22. The van der Waals surface area contributed by atoms with E-state index in [4.69, 9.17) is 33.2 Å². The molecule has 4 saturated carbocycles. The first kappa shape index (κ1) is 64.1.